The van der Waals surface area contributed by atoms with Crippen molar-refractivity contribution in [1.82, 2.24) is 0 Å². The van der Waals surface area contributed by atoms with Crippen LogP contribution >= 0.6 is 0 Å². The number of benzene rings is 4. The van der Waals surface area contributed by atoms with E-state index >= 15 is 0 Å². The number of carbonyl (C=O) groups excluding carboxylic acids is 8. The Kier molecular flexibility index (Phi) is 8.10. The van der Waals surface area contributed by atoms with E-state index in [0.717, 1.165) is 27.7 Å². The van der Waals surface area contributed by atoms with Crippen LogP contribution in [0.25, 0.3) is 11.1 Å². The van der Waals surface area contributed by atoms with Gasteiger partial charge in [-0.1, -0.05) is 12.1 Å². The number of hydrogen-bond acceptors (Lipinski definition) is 12. The van der Waals surface area contributed by atoms with Gasteiger partial charge in [0.2, 0.25) is 11.6 Å². The van der Waals surface area contributed by atoms with Crippen LogP contribution in [-0.2, 0) is 19.2 Å². The molecule has 4 aromatic carbocycles. The second kappa shape index (κ2) is 12.2. The monoisotopic (exact) mass is 674 g/mol. The molecule has 0 saturated heterocycles. The fourth-order valence-corrected chi connectivity index (χ4v) is 6.35. The summed E-state index contributed by atoms with van der Waals surface area (Å²) in [5.74, 6) is -7.27. The van der Waals surface area contributed by atoms with Crippen LogP contribution in [0.5, 0.6) is 23.0 Å². The largest absolute Gasteiger partial charge is 0.426 e. The third-order valence-electron chi connectivity index (χ3n) is 8.06. The summed E-state index contributed by atoms with van der Waals surface area (Å²) in [5.41, 5.74) is -0.723. The van der Waals surface area contributed by atoms with Crippen molar-refractivity contribution in [3.05, 3.63) is 104 Å². The second-order valence-electron chi connectivity index (χ2n) is 11.7. The molecule has 0 heterocycles. The lowest BCUT2D eigenvalue weighted by Gasteiger charge is -2.27. The summed E-state index contributed by atoms with van der Waals surface area (Å²) >= 11 is 0. The Morgan fingerprint density at radius 2 is 0.920 bits per heavy atom. The highest BCUT2D eigenvalue weighted by Gasteiger charge is 2.41. The Bertz CT molecular complexity index is 2320. The average Bonchev–Trinajstić information content (AvgIpc) is 3.01. The molecule has 0 unspecified atom stereocenters. The lowest BCUT2D eigenvalue weighted by atomic mass is 9.78. The lowest BCUT2D eigenvalue weighted by Crippen LogP contribution is -2.25. The minimum atomic E-state index is -0.884. The van der Waals surface area contributed by atoms with Crippen molar-refractivity contribution >= 4 is 47.0 Å². The molecule has 0 fully saturated rings. The van der Waals surface area contributed by atoms with Gasteiger partial charge in [0.25, 0.3) is 0 Å². The van der Waals surface area contributed by atoms with Crippen molar-refractivity contribution < 1.29 is 57.3 Å². The summed E-state index contributed by atoms with van der Waals surface area (Å²) in [5, 5.41) is 0. The molecule has 12 heteroatoms. The minimum Gasteiger partial charge on any atom is -0.426 e. The van der Waals surface area contributed by atoms with Gasteiger partial charge in [0.05, 0.1) is 22.3 Å². The van der Waals surface area contributed by atoms with Gasteiger partial charge in [-0.3, -0.25) is 38.4 Å². The number of rotatable bonds is 5. The average molecular weight is 675 g/mol. The molecule has 0 atom stereocenters. The molecule has 0 radical (unpaired) electrons. The van der Waals surface area contributed by atoms with Crippen LogP contribution < -0.4 is 18.9 Å². The Morgan fingerprint density at radius 1 is 0.440 bits per heavy atom. The number of esters is 4. The molecule has 12 nitrogen and oxygen atoms in total. The molecule has 0 bridgehead atoms. The van der Waals surface area contributed by atoms with Crippen molar-refractivity contribution in [2.45, 2.75) is 41.5 Å². The summed E-state index contributed by atoms with van der Waals surface area (Å²) in [6.07, 6.45) is 0. The van der Waals surface area contributed by atoms with Crippen LogP contribution in [0.3, 0.4) is 0 Å². The van der Waals surface area contributed by atoms with Gasteiger partial charge >= 0.3 is 23.9 Å². The highest BCUT2D eigenvalue weighted by molar-refractivity contribution is 6.32. The molecule has 250 valence electrons. The number of aryl methyl sites for hydroxylation is 2. The first-order chi connectivity index (χ1) is 23.6. The Labute approximate surface area is 283 Å². The maximum atomic E-state index is 14.3. The SMILES string of the molecule is CC(=O)Oc1cc(C)cc2c1C(=O)c1c(ccc(-c3c(C)cc4c(c3OC(C)=O)C(=O)c3c(OC(C)=O)cccc3C4=O)c1OC(C)=O)C2=O. The van der Waals surface area contributed by atoms with Gasteiger partial charge in [0.15, 0.2) is 23.1 Å². The van der Waals surface area contributed by atoms with E-state index in [1.165, 1.54) is 48.5 Å². The molecule has 0 spiro atoms. The van der Waals surface area contributed by atoms with E-state index in [0.29, 0.717) is 5.56 Å². The minimum absolute atomic E-state index is 0.0114. The molecule has 0 N–H and O–H groups in total. The lowest BCUT2D eigenvalue weighted by molar-refractivity contribution is -0.133. The first kappa shape index (κ1) is 33.3. The summed E-state index contributed by atoms with van der Waals surface area (Å²) in [4.78, 5) is 105. The number of ether oxygens (including phenoxy) is 4. The van der Waals surface area contributed by atoms with E-state index in [4.69, 9.17) is 18.9 Å². The number of fused-ring (bicyclic) bond motifs is 4. The molecular weight excluding hydrogens is 648 g/mol. The smallest absolute Gasteiger partial charge is 0.308 e. The van der Waals surface area contributed by atoms with Crippen LogP contribution in [0.2, 0.25) is 0 Å². The Morgan fingerprint density at radius 3 is 1.52 bits per heavy atom. The van der Waals surface area contributed by atoms with E-state index < -0.39 is 58.5 Å². The van der Waals surface area contributed by atoms with Crippen LogP contribution in [0.4, 0.5) is 0 Å². The molecule has 0 amide bonds. The van der Waals surface area contributed by atoms with Crippen molar-refractivity contribution in [1.29, 1.82) is 0 Å². The fourth-order valence-electron chi connectivity index (χ4n) is 6.35. The Hall–Kier alpha value is -6.56. The van der Waals surface area contributed by atoms with Gasteiger partial charge < -0.3 is 18.9 Å². The van der Waals surface area contributed by atoms with Gasteiger partial charge in [0, 0.05) is 61.1 Å². The first-order valence-electron chi connectivity index (χ1n) is 15.2. The molecule has 50 heavy (non-hydrogen) atoms. The maximum absolute atomic E-state index is 14.3. The summed E-state index contributed by atoms with van der Waals surface area (Å²) < 4.78 is 21.8. The van der Waals surface area contributed by atoms with Crippen LogP contribution in [0, 0.1) is 13.8 Å². The molecule has 2 aliphatic rings. The summed E-state index contributed by atoms with van der Waals surface area (Å²) in [6.45, 7) is 7.61. The molecular formula is C38H26O12. The second-order valence-corrected chi connectivity index (χ2v) is 11.7. The van der Waals surface area contributed by atoms with Crippen LogP contribution in [0.15, 0.2) is 48.5 Å². The molecule has 0 saturated carbocycles. The first-order valence-corrected chi connectivity index (χ1v) is 15.2. The van der Waals surface area contributed by atoms with Gasteiger partial charge in [-0.05, 0) is 61.4 Å². The zero-order chi connectivity index (χ0) is 36.3. The van der Waals surface area contributed by atoms with Crippen LogP contribution in [0.1, 0.15) is 103 Å². The van der Waals surface area contributed by atoms with E-state index in [-0.39, 0.29) is 72.7 Å². The van der Waals surface area contributed by atoms with Crippen molar-refractivity contribution in [2.75, 3.05) is 0 Å². The number of carbonyl (C=O) groups is 8. The van der Waals surface area contributed by atoms with Crippen molar-refractivity contribution in [2.24, 2.45) is 0 Å². The van der Waals surface area contributed by atoms with Gasteiger partial charge in [-0.2, -0.15) is 0 Å². The quantitative estimate of drug-likeness (QED) is 0.173. The molecule has 2 aliphatic carbocycles. The summed E-state index contributed by atoms with van der Waals surface area (Å²) in [6, 6.07) is 11.2. The van der Waals surface area contributed by atoms with Gasteiger partial charge in [-0.15, -0.1) is 0 Å². The predicted octanol–water partition coefficient (Wildman–Crippen LogP) is 5.22. The standard InChI is InChI=1S/C38H26O12/c1-15-12-24-30(27(13-15)48-18(4)40)36(46)31-22(34(24)44)10-11-23(37(31)49-19(5)41)28-16(2)14-25-32(38(28)50-20(6)42)35(45)29-21(33(25)43)8-7-9-26(29)47-17(3)39/h7-14H,1-6H3. The van der Waals surface area contributed by atoms with Crippen molar-refractivity contribution in [3.8, 4) is 34.1 Å². The van der Waals surface area contributed by atoms with Crippen LogP contribution in [-0.4, -0.2) is 47.0 Å². The zero-order valence-electron chi connectivity index (χ0n) is 27.5. The molecule has 4 aromatic rings. The third-order valence-corrected chi connectivity index (χ3v) is 8.06. The highest BCUT2D eigenvalue weighted by atomic mass is 16.5. The van der Waals surface area contributed by atoms with Crippen molar-refractivity contribution in [3.63, 3.8) is 0 Å². The van der Waals surface area contributed by atoms with Gasteiger partial charge in [0.1, 0.15) is 11.5 Å². The summed E-state index contributed by atoms with van der Waals surface area (Å²) in [7, 11) is 0. The molecule has 0 aliphatic heterocycles. The zero-order valence-corrected chi connectivity index (χ0v) is 27.5. The topological polar surface area (TPSA) is 173 Å². The maximum Gasteiger partial charge on any atom is 0.308 e. The normalized spacial score (nSPS) is 12.7. The predicted molar refractivity (Wildman–Crippen MR) is 173 cm³/mol. The molecule has 0 aromatic heterocycles. The van der Waals surface area contributed by atoms with E-state index in [1.54, 1.807) is 13.8 Å². The fraction of sp³-hybridized carbons (Fsp3) is 0.158. The van der Waals surface area contributed by atoms with E-state index in [1.807, 2.05) is 0 Å². The van der Waals surface area contributed by atoms with E-state index in [9.17, 15) is 38.4 Å². The molecule has 6 rings (SSSR count). The number of hydrogen-bond donors (Lipinski definition) is 0. The number of ketones is 4. The Balaban J connectivity index is 1.68. The third kappa shape index (κ3) is 5.36. The van der Waals surface area contributed by atoms with Gasteiger partial charge in [-0.25, -0.2) is 0 Å². The highest BCUT2D eigenvalue weighted by Crippen LogP contribution is 2.49. The van der Waals surface area contributed by atoms with E-state index in [2.05, 4.69) is 0 Å².